The molecule has 33 heavy (non-hydrogen) atoms. The van der Waals surface area contributed by atoms with Gasteiger partial charge in [-0.1, -0.05) is 55.8 Å². The van der Waals surface area contributed by atoms with Gasteiger partial charge in [0.2, 0.25) is 0 Å². The second kappa shape index (κ2) is 10.9. The van der Waals surface area contributed by atoms with Crippen LogP contribution in [0.15, 0.2) is 42.0 Å². The Bertz CT molecular complexity index is 878. The van der Waals surface area contributed by atoms with Crippen LogP contribution in [0.2, 0.25) is 0 Å². The van der Waals surface area contributed by atoms with Gasteiger partial charge in [-0.3, -0.25) is 9.59 Å². The van der Waals surface area contributed by atoms with E-state index in [2.05, 4.69) is 5.32 Å². The van der Waals surface area contributed by atoms with E-state index in [-0.39, 0.29) is 37.1 Å². The minimum absolute atomic E-state index is 0.0470. The summed E-state index contributed by atoms with van der Waals surface area (Å²) in [4.78, 5) is 38.0. The molecule has 1 unspecified atom stereocenters. The van der Waals surface area contributed by atoms with E-state index >= 15 is 0 Å². The number of fused-ring (bicyclic) bond motifs is 1. The Morgan fingerprint density at radius 1 is 0.970 bits per heavy atom. The Balaban J connectivity index is 1.83. The van der Waals surface area contributed by atoms with Gasteiger partial charge in [0.25, 0.3) is 0 Å². The van der Waals surface area contributed by atoms with Crippen LogP contribution < -0.4 is 5.32 Å². The Hall–Kier alpha value is -2.83. The maximum Gasteiger partial charge on any atom is 0.407 e. The van der Waals surface area contributed by atoms with Crippen LogP contribution in [0.25, 0.3) is 0 Å². The molecule has 0 aliphatic heterocycles. The summed E-state index contributed by atoms with van der Waals surface area (Å²) < 4.78 is 16.1. The van der Waals surface area contributed by atoms with Gasteiger partial charge in [-0.2, -0.15) is 0 Å². The number of carbonyl (C=O) groups is 3. The summed E-state index contributed by atoms with van der Waals surface area (Å²) in [7, 11) is 0. The number of amides is 1. The fraction of sp³-hybridized carbons (Fsp3) is 0.577. The molecule has 0 bridgehead atoms. The molecule has 7 nitrogen and oxygen atoms in total. The maximum absolute atomic E-state index is 13.2. The van der Waals surface area contributed by atoms with E-state index in [1.54, 1.807) is 13.8 Å². The molecule has 2 aliphatic rings. The minimum Gasteiger partial charge on any atom is -0.466 e. The number of alkyl carbamates (subject to hydrolysis) is 1. The molecule has 0 aromatic heterocycles. The van der Waals surface area contributed by atoms with Gasteiger partial charge in [0, 0.05) is 11.5 Å². The van der Waals surface area contributed by atoms with Crippen LogP contribution in [0.5, 0.6) is 0 Å². The summed E-state index contributed by atoms with van der Waals surface area (Å²) in [6.45, 7) is 8.39. The van der Waals surface area contributed by atoms with Crippen molar-refractivity contribution in [3.63, 3.8) is 0 Å². The number of rotatable bonds is 7. The van der Waals surface area contributed by atoms with Crippen LogP contribution >= 0.6 is 0 Å². The highest BCUT2D eigenvalue weighted by molar-refractivity contribution is 5.79. The third-order valence-electron chi connectivity index (χ3n) is 6.84. The Morgan fingerprint density at radius 2 is 1.67 bits per heavy atom. The molecule has 0 heterocycles. The number of carbonyl (C=O) groups excluding carboxylic acids is 3. The second-order valence-electron chi connectivity index (χ2n) is 9.24. The van der Waals surface area contributed by atoms with Crippen LogP contribution in [0.4, 0.5) is 4.79 Å². The summed E-state index contributed by atoms with van der Waals surface area (Å²) in [5, 5.41) is 2.97. The number of benzene rings is 1. The molecule has 7 heteroatoms. The fourth-order valence-corrected chi connectivity index (χ4v) is 5.10. The average molecular weight is 458 g/mol. The van der Waals surface area contributed by atoms with Gasteiger partial charge < -0.3 is 19.5 Å². The highest BCUT2D eigenvalue weighted by atomic mass is 16.5. The molecule has 3 rings (SSSR count). The molecule has 1 aromatic rings. The van der Waals surface area contributed by atoms with E-state index in [0.29, 0.717) is 25.9 Å². The lowest BCUT2D eigenvalue weighted by atomic mass is 9.58. The van der Waals surface area contributed by atoms with Crippen molar-refractivity contribution in [1.82, 2.24) is 5.32 Å². The quantitative estimate of drug-likeness (QED) is 0.371. The average Bonchev–Trinajstić information content (AvgIpc) is 2.80. The van der Waals surface area contributed by atoms with Crippen molar-refractivity contribution in [3.8, 4) is 0 Å². The largest absolute Gasteiger partial charge is 0.466 e. The van der Waals surface area contributed by atoms with Gasteiger partial charge in [0.1, 0.15) is 6.61 Å². The molecule has 1 amide bonds. The van der Waals surface area contributed by atoms with Crippen molar-refractivity contribution < 1.29 is 28.6 Å². The first-order chi connectivity index (χ1) is 15.8. The van der Waals surface area contributed by atoms with E-state index < -0.39 is 23.3 Å². The number of hydrogen-bond acceptors (Lipinski definition) is 6. The van der Waals surface area contributed by atoms with Crippen molar-refractivity contribution in [1.29, 1.82) is 0 Å². The topological polar surface area (TPSA) is 90.9 Å². The first kappa shape index (κ1) is 24.8. The predicted octanol–water partition coefficient (Wildman–Crippen LogP) is 4.41. The van der Waals surface area contributed by atoms with E-state index in [9.17, 15) is 14.4 Å². The molecular formula is C26H35NO6. The molecule has 1 aromatic carbocycles. The van der Waals surface area contributed by atoms with Crippen molar-refractivity contribution >= 4 is 18.0 Å². The van der Waals surface area contributed by atoms with E-state index in [4.69, 9.17) is 14.2 Å². The lowest BCUT2D eigenvalue weighted by molar-refractivity contribution is -0.155. The summed E-state index contributed by atoms with van der Waals surface area (Å²) in [6.07, 6.45) is 3.30. The molecule has 4 atom stereocenters. The van der Waals surface area contributed by atoms with Crippen molar-refractivity contribution in [2.45, 2.75) is 59.6 Å². The van der Waals surface area contributed by atoms with E-state index in [1.807, 2.05) is 50.3 Å². The molecule has 0 saturated heterocycles. The van der Waals surface area contributed by atoms with Crippen molar-refractivity contribution in [2.24, 2.45) is 23.2 Å². The normalized spacial score (nSPS) is 25.8. The molecule has 1 saturated carbocycles. The van der Waals surface area contributed by atoms with Crippen molar-refractivity contribution in [3.05, 3.63) is 47.5 Å². The standard InChI is InChI=1S/C26H35NO6/c1-5-31-23(28)18-14-20(24(29)33-16-17-10-8-7-9-11-17)19-12-13-22(27-25(30)32-6-2)26(3,4)21(19)15-18/h7-11,15,18-20,22H,5-6,12-14,16H2,1-4H3,(H,27,30)/t18-,19-,20+,22?/m0/s1. The van der Waals surface area contributed by atoms with Crippen LogP contribution in [0.1, 0.15) is 52.5 Å². The number of esters is 2. The zero-order valence-corrected chi connectivity index (χ0v) is 20.0. The van der Waals surface area contributed by atoms with Gasteiger partial charge in [-0.05, 0) is 44.6 Å². The zero-order chi connectivity index (χ0) is 24.0. The van der Waals surface area contributed by atoms with Crippen LogP contribution in [0, 0.1) is 23.2 Å². The SMILES string of the molecule is CCOC(=O)NC1CC[C@@H]2C(=C[C@@H](C(=O)OCC)C[C@H]2C(=O)OCc2ccccc2)C1(C)C. The fourth-order valence-electron chi connectivity index (χ4n) is 5.10. The lowest BCUT2D eigenvalue weighted by Crippen LogP contribution is -2.53. The zero-order valence-electron chi connectivity index (χ0n) is 20.0. The van der Waals surface area contributed by atoms with Gasteiger partial charge in [-0.25, -0.2) is 4.79 Å². The monoisotopic (exact) mass is 457 g/mol. The minimum atomic E-state index is -0.522. The third-order valence-corrected chi connectivity index (χ3v) is 6.84. The summed E-state index contributed by atoms with van der Waals surface area (Å²) in [5.74, 6) is -1.64. The summed E-state index contributed by atoms with van der Waals surface area (Å²) in [6, 6.07) is 9.38. The van der Waals surface area contributed by atoms with Crippen LogP contribution in [-0.2, 0) is 30.4 Å². The lowest BCUT2D eigenvalue weighted by Gasteiger charge is -2.49. The Kier molecular flexibility index (Phi) is 8.16. The van der Waals surface area contributed by atoms with Crippen LogP contribution in [0.3, 0.4) is 0 Å². The number of ether oxygens (including phenoxy) is 3. The second-order valence-corrected chi connectivity index (χ2v) is 9.24. The smallest absolute Gasteiger partial charge is 0.407 e. The van der Waals surface area contributed by atoms with E-state index in [1.165, 1.54) is 0 Å². The third kappa shape index (κ3) is 5.75. The molecule has 1 N–H and O–H groups in total. The highest BCUT2D eigenvalue weighted by Gasteiger charge is 2.50. The maximum atomic E-state index is 13.2. The Labute approximate surface area is 195 Å². The van der Waals surface area contributed by atoms with Gasteiger partial charge in [-0.15, -0.1) is 0 Å². The highest BCUT2D eigenvalue weighted by Crippen LogP contribution is 2.51. The van der Waals surface area contributed by atoms with Gasteiger partial charge >= 0.3 is 18.0 Å². The first-order valence-electron chi connectivity index (χ1n) is 11.8. The van der Waals surface area contributed by atoms with Crippen LogP contribution in [-0.4, -0.2) is 37.3 Å². The first-order valence-corrected chi connectivity index (χ1v) is 11.8. The molecule has 0 radical (unpaired) electrons. The number of nitrogens with one attached hydrogen (secondary N) is 1. The molecule has 0 spiro atoms. The van der Waals surface area contributed by atoms with Gasteiger partial charge in [0.05, 0.1) is 25.0 Å². The summed E-state index contributed by atoms with van der Waals surface area (Å²) in [5.41, 5.74) is 1.46. The molecule has 2 aliphatic carbocycles. The molecular weight excluding hydrogens is 422 g/mol. The molecule has 180 valence electrons. The van der Waals surface area contributed by atoms with Crippen molar-refractivity contribution in [2.75, 3.05) is 13.2 Å². The molecule has 1 fully saturated rings. The van der Waals surface area contributed by atoms with Gasteiger partial charge in [0.15, 0.2) is 0 Å². The Morgan fingerprint density at radius 3 is 2.33 bits per heavy atom. The summed E-state index contributed by atoms with van der Waals surface area (Å²) >= 11 is 0. The predicted molar refractivity (Wildman–Crippen MR) is 123 cm³/mol. The van der Waals surface area contributed by atoms with E-state index in [0.717, 1.165) is 11.1 Å². The number of hydrogen-bond donors (Lipinski definition) is 1.